The molecule has 98 valence electrons. The standard InChI is InChI=1S/C14H26N2O/c1-3-8-16(9-12-4-5-12)10-14(17)15-11(2)13-6-7-13/h11-13H,3-10H2,1-2H3,(H,15,17). The van der Waals surface area contributed by atoms with Gasteiger partial charge in [0.15, 0.2) is 0 Å². The predicted molar refractivity (Wildman–Crippen MR) is 69.8 cm³/mol. The van der Waals surface area contributed by atoms with Gasteiger partial charge in [0.1, 0.15) is 0 Å². The summed E-state index contributed by atoms with van der Waals surface area (Å²) in [5, 5.41) is 3.14. The van der Waals surface area contributed by atoms with E-state index < -0.39 is 0 Å². The molecule has 2 saturated carbocycles. The van der Waals surface area contributed by atoms with Gasteiger partial charge < -0.3 is 5.32 Å². The van der Waals surface area contributed by atoms with Crippen molar-refractivity contribution >= 4 is 5.91 Å². The lowest BCUT2D eigenvalue weighted by molar-refractivity contribution is -0.123. The quantitative estimate of drug-likeness (QED) is 0.701. The average Bonchev–Trinajstić information content (AvgIpc) is 3.13. The summed E-state index contributed by atoms with van der Waals surface area (Å²) in [6.07, 6.45) is 6.45. The van der Waals surface area contributed by atoms with E-state index in [1.807, 2.05) is 0 Å². The molecule has 1 unspecified atom stereocenters. The van der Waals surface area contributed by atoms with E-state index in [2.05, 4.69) is 24.1 Å². The molecule has 0 spiro atoms. The fourth-order valence-electron chi connectivity index (χ4n) is 2.43. The van der Waals surface area contributed by atoms with Crippen molar-refractivity contribution in [2.24, 2.45) is 11.8 Å². The first-order valence-corrected chi connectivity index (χ1v) is 7.20. The summed E-state index contributed by atoms with van der Waals surface area (Å²) in [5.41, 5.74) is 0. The van der Waals surface area contributed by atoms with Gasteiger partial charge in [0, 0.05) is 12.6 Å². The SMILES string of the molecule is CCCN(CC(=O)NC(C)C1CC1)CC1CC1. The zero-order valence-electron chi connectivity index (χ0n) is 11.2. The highest BCUT2D eigenvalue weighted by Gasteiger charge is 2.29. The van der Waals surface area contributed by atoms with Crippen LogP contribution in [0.5, 0.6) is 0 Å². The Labute approximate surface area is 105 Å². The molecular formula is C14H26N2O. The summed E-state index contributed by atoms with van der Waals surface area (Å²) < 4.78 is 0. The van der Waals surface area contributed by atoms with Crippen molar-refractivity contribution < 1.29 is 4.79 Å². The number of nitrogens with zero attached hydrogens (tertiary/aromatic N) is 1. The van der Waals surface area contributed by atoms with Gasteiger partial charge in [-0.25, -0.2) is 0 Å². The Morgan fingerprint density at radius 2 is 2.06 bits per heavy atom. The van der Waals surface area contributed by atoms with Crippen molar-refractivity contribution in [3.05, 3.63) is 0 Å². The lowest BCUT2D eigenvalue weighted by Gasteiger charge is -2.22. The van der Waals surface area contributed by atoms with Crippen LogP contribution in [-0.4, -0.2) is 36.5 Å². The molecule has 1 amide bonds. The molecule has 2 fully saturated rings. The third-order valence-corrected chi connectivity index (χ3v) is 3.84. The van der Waals surface area contributed by atoms with Crippen LogP contribution >= 0.6 is 0 Å². The van der Waals surface area contributed by atoms with E-state index in [-0.39, 0.29) is 5.91 Å². The van der Waals surface area contributed by atoms with E-state index in [0.717, 1.165) is 31.3 Å². The Hall–Kier alpha value is -0.570. The van der Waals surface area contributed by atoms with E-state index in [1.165, 1.54) is 25.7 Å². The molecule has 1 N–H and O–H groups in total. The summed E-state index contributed by atoms with van der Waals surface area (Å²) in [7, 11) is 0. The van der Waals surface area contributed by atoms with Gasteiger partial charge in [-0.15, -0.1) is 0 Å². The number of nitrogens with one attached hydrogen (secondary N) is 1. The van der Waals surface area contributed by atoms with E-state index in [0.29, 0.717) is 12.6 Å². The molecule has 2 aliphatic carbocycles. The third kappa shape index (κ3) is 4.66. The minimum atomic E-state index is 0.221. The lowest BCUT2D eigenvalue weighted by atomic mass is 10.2. The van der Waals surface area contributed by atoms with Gasteiger partial charge in [-0.2, -0.15) is 0 Å². The molecule has 0 aromatic heterocycles. The monoisotopic (exact) mass is 238 g/mol. The van der Waals surface area contributed by atoms with Crippen LogP contribution in [0, 0.1) is 11.8 Å². The van der Waals surface area contributed by atoms with Gasteiger partial charge in [-0.3, -0.25) is 9.69 Å². The summed E-state index contributed by atoms with van der Waals surface area (Å²) in [6.45, 7) is 7.10. The third-order valence-electron chi connectivity index (χ3n) is 3.84. The number of carbonyl (C=O) groups excluding carboxylic acids is 1. The summed E-state index contributed by atoms with van der Waals surface area (Å²) in [6, 6.07) is 0.381. The Balaban J connectivity index is 1.68. The smallest absolute Gasteiger partial charge is 0.234 e. The second kappa shape index (κ2) is 5.85. The van der Waals surface area contributed by atoms with Crippen molar-refractivity contribution in [3.63, 3.8) is 0 Å². The normalized spacial score (nSPS) is 21.6. The van der Waals surface area contributed by atoms with Crippen LogP contribution in [0.2, 0.25) is 0 Å². The van der Waals surface area contributed by atoms with Crippen LogP contribution in [0.4, 0.5) is 0 Å². The molecule has 2 rings (SSSR count). The number of amides is 1. The van der Waals surface area contributed by atoms with E-state index >= 15 is 0 Å². The summed E-state index contributed by atoms with van der Waals surface area (Å²) in [4.78, 5) is 14.2. The molecule has 2 aliphatic rings. The second-order valence-corrected chi connectivity index (χ2v) is 5.87. The zero-order valence-corrected chi connectivity index (χ0v) is 11.2. The van der Waals surface area contributed by atoms with Crippen LogP contribution in [0.3, 0.4) is 0 Å². The summed E-state index contributed by atoms with van der Waals surface area (Å²) in [5.74, 6) is 1.84. The molecule has 17 heavy (non-hydrogen) atoms. The molecule has 0 radical (unpaired) electrons. The van der Waals surface area contributed by atoms with Gasteiger partial charge in [-0.05, 0) is 57.4 Å². The Morgan fingerprint density at radius 3 is 2.59 bits per heavy atom. The van der Waals surface area contributed by atoms with Crippen LogP contribution in [0.15, 0.2) is 0 Å². The fraction of sp³-hybridized carbons (Fsp3) is 0.929. The number of hydrogen-bond acceptors (Lipinski definition) is 2. The fourth-order valence-corrected chi connectivity index (χ4v) is 2.43. The molecule has 1 atom stereocenters. The van der Waals surface area contributed by atoms with E-state index in [9.17, 15) is 4.79 Å². The molecule has 3 heteroatoms. The van der Waals surface area contributed by atoms with Crippen molar-refractivity contribution in [3.8, 4) is 0 Å². The van der Waals surface area contributed by atoms with Gasteiger partial charge in [0.2, 0.25) is 5.91 Å². The number of rotatable bonds is 8. The van der Waals surface area contributed by atoms with E-state index in [1.54, 1.807) is 0 Å². The first-order valence-electron chi connectivity index (χ1n) is 7.20. The highest BCUT2D eigenvalue weighted by Crippen LogP contribution is 2.32. The van der Waals surface area contributed by atoms with Crippen LogP contribution < -0.4 is 5.32 Å². The highest BCUT2D eigenvalue weighted by atomic mass is 16.2. The summed E-state index contributed by atoms with van der Waals surface area (Å²) >= 11 is 0. The largest absolute Gasteiger partial charge is 0.352 e. The minimum Gasteiger partial charge on any atom is -0.352 e. The van der Waals surface area contributed by atoms with Crippen molar-refractivity contribution in [1.29, 1.82) is 0 Å². The predicted octanol–water partition coefficient (Wildman–Crippen LogP) is 2.02. The molecule has 0 aromatic carbocycles. The molecule has 3 nitrogen and oxygen atoms in total. The number of hydrogen-bond donors (Lipinski definition) is 1. The first-order chi connectivity index (χ1) is 8.19. The Bertz CT molecular complexity index is 259. The average molecular weight is 238 g/mol. The van der Waals surface area contributed by atoms with Gasteiger partial charge in [0.25, 0.3) is 0 Å². The van der Waals surface area contributed by atoms with Crippen LogP contribution in [0.25, 0.3) is 0 Å². The second-order valence-electron chi connectivity index (χ2n) is 5.87. The number of carbonyl (C=O) groups is 1. The molecule has 0 heterocycles. The molecule has 0 aromatic rings. The minimum absolute atomic E-state index is 0.221. The Morgan fingerprint density at radius 1 is 1.35 bits per heavy atom. The molecule has 0 saturated heterocycles. The maximum atomic E-state index is 11.9. The topological polar surface area (TPSA) is 32.3 Å². The molecule has 0 bridgehead atoms. The highest BCUT2D eigenvalue weighted by molar-refractivity contribution is 5.78. The first kappa shape index (κ1) is 12.9. The van der Waals surface area contributed by atoms with Crippen molar-refractivity contribution in [2.45, 2.75) is 52.0 Å². The van der Waals surface area contributed by atoms with Gasteiger partial charge >= 0.3 is 0 Å². The van der Waals surface area contributed by atoms with Crippen LogP contribution in [-0.2, 0) is 4.79 Å². The maximum Gasteiger partial charge on any atom is 0.234 e. The van der Waals surface area contributed by atoms with E-state index in [4.69, 9.17) is 0 Å². The van der Waals surface area contributed by atoms with Crippen molar-refractivity contribution in [1.82, 2.24) is 10.2 Å². The molecular weight excluding hydrogens is 212 g/mol. The van der Waals surface area contributed by atoms with Gasteiger partial charge in [-0.1, -0.05) is 6.92 Å². The van der Waals surface area contributed by atoms with Crippen LogP contribution in [0.1, 0.15) is 46.0 Å². The Kier molecular flexibility index (Phi) is 4.43. The maximum absolute atomic E-state index is 11.9. The lowest BCUT2D eigenvalue weighted by Crippen LogP contribution is -2.42. The zero-order chi connectivity index (χ0) is 12.3. The van der Waals surface area contributed by atoms with Gasteiger partial charge in [0.05, 0.1) is 6.54 Å². The van der Waals surface area contributed by atoms with Crippen molar-refractivity contribution in [2.75, 3.05) is 19.6 Å². The molecule has 0 aliphatic heterocycles.